The zero-order valence-electron chi connectivity index (χ0n) is 20.7. The summed E-state index contributed by atoms with van der Waals surface area (Å²) in [5.74, 6) is -2.42. The molecule has 0 saturated carbocycles. The van der Waals surface area contributed by atoms with E-state index in [-0.39, 0.29) is 11.6 Å². The molecule has 0 aliphatic carbocycles. The molecule has 2 N–H and O–H groups in total. The first-order chi connectivity index (χ1) is 18.7. The Labute approximate surface area is 222 Å². The number of nitrogens with zero attached hydrogens (tertiary/aromatic N) is 4. The third kappa shape index (κ3) is 10.0. The van der Waals surface area contributed by atoms with Crippen molar-refractivity contribution in [3.05, 3.63) is 102 Å². The van der Waals surface area contributed by atoms with Crippen LogP contribution in [0.2, 0.25) is 0 Å². The Kier molecular flexibility index (Phi) is 10.7. The number of aliphatic carboxylic acids is 1. The van der Waals surface area contributed by atoms with Gasteiger partial charge in [0.25, 0.3) is 5.91 Å². The number of carbonyl (C=O) groups is 2. The fraction of sp³-hybridized carbons (Fsp3) is 0.222. The van der Waals surface area contributed by atoms with Crippen molar-refractivity contribution in [1.82, 2.24) is 25.3 Å². The molecule has 4 rings (SSSR count). The van der Waals surface area contributed by atoms with Crippen molar-refractivity contribution in [2.75, 3.05) is 13.1 Å². The number of hydrogen-bond donors (Lipinski definition) is 2. The molecule has 39 heavy (non-hydrogen) atoms. The van der Waals surface area contributed by atoms with Gasteiger partial charge >= 0.3 is 12.1 Å². The molecule has 3 heterocycles. The first-order valence-electron chi connectivity index (χ1n) is 11.8. The minimum Gasteiger partial charge on any atom is -0.475 e. The first-order valence-corrected chi connectivity index (χ1v) is 11.8. The van der Waals surface area contributed by atoms with Gasteiger partial charge in [-0.15, -0.1) is 0 Å². The van der Waals surface area contributed by atoms with Crippen molar-refractivity contribution >= 4 is 11.9 Å². The zero-order chi connectivity index (χ0) is 28.1. The number of benzene rings is 1. The molecule has 204 valence electrons. The summed E-state index contributed by atoms with van der Waals surface area (Å²) >= 11 is 0. The highest BCUT2D eigenvalue weighted by atomic mass is 19.4. The number of pyridine rings is 2. The van der Waals surface area contributed by atoms with Gasteiger partial charge in [0.05, 0.1) is 11.4 Å². The minimum absolute atomic E-state index is 0.239. The average Bonchev–Trinajstić information content (AvgIpc) is 3.43. The Morgan fingerprint density at radius 1 is 0.897 bits per heavy atom. The number of amides is 1. The second kappa shape index (κ2) is 14.4. The summed E-state index contributed by atoms with van der Waals surface area (Å²) in [5, 5.41) is 14.0. The van der Waals surface area contributed by atoms with Crippen molar-refractivity contribution in [2.45, 2.75) is 25.7 Å². The van der Waals surface area contributed by atoms with Gasteiger partial charge < -0.3 is 14.9 Å². The van der Waals surface area contributed by atoms with Gasteiger partial charge in [-0.1, -0.05) is 47.6 Å². The number of nitrogens with one attached hydrogen (secondary N) is 1. The lowest BCUT2D eigenvalue weighted by Gasteiger charge is -2.21. The van der Waals surface area contributed by atoms with E-state index in [1.807, 2.05) is 66.7 Å². The number of rotatable bonds is 10. The maximum atomic E-state index is 12.4. The summed E-state index contributed by atoms with van der Waals surface area (Å²) in [5.41, 5.74) is 3.17. The topological polar surface area (TPSA) is 121 Å². The molecule has 1 aromatic carbocycles. The summed E-state index contributed by atoms with van der Waals surface area (Å²) in [4.78, 5) is 32.5. The van der Waals surface area contributed by atoms with E-state index in [0.717, 1.165) is 43.0 Å². The molecule has 0 atom stereocenters. The van der Waals surface area contributed by atoms with E-state index in [1.165, 1.54) is 0 Å². The van der Waals surface area contributed by atoms with E-state index in [0.29, 0.717) is 12.3 Å². The number of halogens is 3. The zero-order valence-corrected chi connectivity index (χ0v) is 20.7. The highest BCUT2D eigenvalue weighted by Gasteiger charge is 2.38. The average molecular weight is 542 g/mol. The summed E-state index contributed by atoms with van der Waals surface area (Å²) in [6, 6.07) is 23.1. The molecule has 1 amide bonds. The predicted molar refractivity (Wildman–Crippen MR) is 135 cm³/mol. The first kappa shape index (κ1) is 29.0. The standard InChI is InChI=1S/C25H25N5O2.C2HF3O2/c31-25(23-17-24(32-29-23)20-9-2-1-3-10-20)28-15-8-16-30(18-21-11-4-6-13-26-21)19-22-12-5-7-14-27-22;3-2(4,5)1(6)7/h1-7,9-14,17H,8,15-16,18-19H2,(H,28,31);(H,6,7). The molecule has 0 spiro atoms. The van der Waals surface area contributed by atoms with E-state index in [4.69, 9.17) is 14.4 Å². The molecule has 0 saturated heterocycles. The normalized spacial score (nSPS) is 11.0. The lowest BCUT2D eigenvalue weighted by atomic mass is 10.1. The monoisotopic (exact) mass is 541 g/mol. The lowest BCUT2D eigenvalue weighted by Crippen LogP contribution is -2.30. The Morgan fingerprint density at radius 2 is 1.46 bits per heavy atom. The van der Waals surface area contributed by atoms with Crippen molar-refractivity contribution in [3.63, 3.8) is 0 Å². The van der Waals surface area contributed by atoms with Gasteiger partial charge in [-0.05, 0) is 30.7 Å². The number of alkyl halides is 3. The van der Waals surface area contributed by atoms with Crippen LogP contribution in [0.1, 0.15) is 28.3 Å². The number of carbonyl (C=O) groups excluding carboxylic acids is 1. The van der Waals surface area contributed by atoms with Crippen LogP contribution in [0.4, 0.5) is 13.2 Å². The molecule has 0 bridgehead atoms. The molecule has 0 aliphatic rings. The molecular formula is C27H26F3N5O4. The Bertz CT molecular complexity index is 1260. The third-order valence-electron chi connectivity index (χ3n) is 5.20. The third-order valence-corrected chi connectivity index (χ3v) is 5.20. The van der Waals surface area contributed by atoms with E-state index < -0.39 is 12.1 Å². The van der Waals surface area contributed by atoms with Crippen molar-refractivity contribution in [1.29, 1.82) is 0 Å². The van der Waals surface area contributed by atoms with Crippen LogP contribution >= 0.6 is 0 Å². The molecule has 12 heteroatoms. The van der Waals surface area contributed by atoms with Gasteiger partial charge in [0, 0.05) is 50.2 Å². The Hall–Kier alpha value is -4.58. The van der Waals surface area contributed by atoms with Gasteiger partial charge in [-0.3, -0.25) is 19.7 Å². The predicted octanol–water partition coefficient (Wildman–Crippen LogP) is 4.59. The summed E-state index contributed by atoms with van der Waals surface area (Å²) in [6.07, 6.45) is -0.693. The molecule has 0 radical (unpaired) electrons. The maximum absolute atomic E-state index is 12.4. The molecule has 0 unspecified atom stereocenters. The van der Waals surface area contributed by atoms with Crippen LogP contribution in [0, 0.1) is 0 Å². The van der Waals surface area contributed by atoms with Crippen LogP contribution in [0.15, 0.2) is 89.7 Å². The van der Waals surface area contributed by atoms with E-state index in [2.05, 4.69) is 25.3 Å². The fourth-order valence-corrected chi connectivity index (χ4v) is 3.37. The van der Waals surface area contributed by atoms with Gasteiger partial charge in [-0.2, -0.15) is 13.2 Å². The Morgan fingerprint density at radius 3 is 1.97 bits per heavy atom. The Balaban J connectivity index is 0.000000532. The highest BCUT2D eigenvalue weighted by Crippen LogP contribution is 2.19. The quantitative estimate of drug-likeness (QED) is 0.280. The van der Waals surface area contributed by atoms with Crippen LogP contribution < -0.4 is 5.32 Å². The second-order valence-corrected chi connectivity index (χ2v) is 8.21. The molecule has 0 aliphatic heterocycles. The summed E-state index contributed by atoms with van der Waals surface area (Å²) < 4.78 is 37.1. The summed E-state index contributed by atoms with van der Waals surface area (Å²) in [6.45, 7) is 2.76. The van der Waals surface area contributed by atoms with E-state index >= 15 is 0 Å². The maximum Gasteiger partial charge on any atom is 0.490 e. The number of hydrogen-bond acceptors (Lipinski definition) is 7. The van der Waals surface area contributed by atoms with Crippen molar-refractivity contribution < 1.29 is 32.4 Å². The van der Waals surface area contributed by atoms with Crippen LogP contribution in [0.3, 0.4) is 0 Å². The molecule has 3 aromatic heterocycles. The van der Waals surface area contributed by atoms with Crippen molar-refractivity contribution in [2.24, 2.45) is 0 Å². The van der Waals surface area contributed by atoms with Crippen LogP contribution in [0.5, 0.6) is 0 Å². The van der Waals surface area contributed by atoms with Gasteiger partial charge in [0.1, 0.15) is 0 Å². The molecule has 9 nitrogen and oxygen atoms in total. The number of carboxylic acid groups (broad SMARTS) is 1. The van der Waals surface area contributed by atoms with E-state index in [1.54, 1.807) is 18.5 Å². The largest absolute Gasteiger partial charge is 0.490 e. The number of carboxylic acids is 1. The SMILES string of the molecule is O=C(NCCCN(Cc1ccccn1)Cc1ccccn1)c1cc(-c2ccccc2)on1.O=C(O)C(F)(F)F. The highest BCUT2D eigenvalue weighted by molar-refractivity contribution is 5.93. The van der Waals surface area contributed by atoms with E-state index in [9.17, 15) is 18.0 Å². The number of aromatic nitrogens is 3. The van der Waals surface area contributed by atoms with Crippen molar-refractivity contribution in [3.8, 4) is 11.3 Å². The fourth-order valence-electron chi connectivity index (χ4n) is 3.37. The second-order valence-electron chi connectivity index (χ2n) is 8.21. The smallest absolute Gasteiger partial charge is 0.475 e. The van der Waals surface area contributed by atoms with Crippen LogP contribution in [-0.4, -0.2) is 56.3 Å². The van der Waals surface area contributed by atoms with Gasteiger partial charge in [0.2, 0.25) is 0 Å². The lowest BCUT2D eigenvalue weighted by molar-refractivity contribution is -0.192. The molecule has 0 fully saturated rings. The van der Waals surface area contributed by atoms with Crippen LogP contribution in [0.25, 0.3) is 11.3 Å². The molecule has 4 aromatic rings. The minimum atomic E-state index is -5.08. The molecular weight excluding hydrogens is 515 g/mol. The summed E-state index contributed by atoms with van der Waals surface area (Å²) in [7, 11) is 0. The van der Waals surface area contributed by atoms with Gasteiger partial charge in [0.15, 0.2) is 11.5 Å². The van der Waals surface area contributed by atoms with Gasteiger partial charge in [-0.25, -0.2) is 4.79 Å². The van der Waals surface area contributed by atoms with Crippen LogP contribution in [-0.2, 0) is 17.9 Å².